The van der Waals surface area contributed by atoms with Crippen LogP contribution in [0.1, 0.15) is 19.3 Å². The molecule has 1 N–H and O–H groups in total. The minimum absolute atomic E-state index is 0.0388. The Morgan fingerprint density at radius 2 is 1.95 bits per heavy atom. The van der Waals surface area contributed by atoms with E-state index in [4.69, 9.17) is 9.84 Å². The van der Waals surface area contributed by atoms with E-state index in [0.717, 1.165) is 5.39 Å². The van der Waals surface area contributed by atoms with E-state index >= 15 is 0 Å². The van der Waals surface area contributed by atoms with Crippen molar-refractivity contribution in [2.75, 3.05) is 0 Å². The van der Waals surface area contributed by atoms with E-state index in [9.17, 15) is 9.59 Å². The molecule has 98 valence electrons. The van der Waals surface area contributed by atoms with Crippen LogP contribution in [0.2, 0.25) is 0 Å². The van der Waals surface area contributed by atoms with Gasteiger partial charge in [-0.1, -0.05) is 18.2 Å². The van der Waals surface area contributed by atoms with Crippen LogP contribution in [0.5, 0.6) is 5.75 Å². The Labute approximate surface area is 109 Å². The Morgan fingerprint density at radius 3 is 2.74 bits per heavy atom. The monoisotopic (exact) mass is 259 g/mol. The van der Waals surface area contributed by atoms with Gasteiger partial charge >= 0.3 is 11.9 Å². The van der Waals surface area contributed by atoms with Gasteiger partial charge in [0.15, 0.2) is 5.75 Å². The number of carboxylic acid groups (broad SMARTS) is 1. The van der Waals surface area contributed by atoms with Gasteiger partial charge in [-0.05, 0) is 18.6 Å². The van der Waals surface area contributed by atoms with E-state index in [1.807, 2.05) is 12.1 Å². The van der Waals surface area contributed by atoms with Gasteiger partial charge in [0.1, 0.15) is 5.52 Å². The highest BCUT2D eigenvalue weighted by Crippen LogP contribution is 2.23. The first-order valence-electron chi connectivity index (χ1n) is 5.93. The quantitative estimate of drug-likeness (QED) is 0.659. The Morgan fingerprint density at radius 1 is 1.16 bits per heavy atom. The van der Waals surface area contributed by atoms with Crippen molar-refractivity contribution in [3.63, 3.8) is 0 Å². The van der Waals surface area contributed by atoms with E-state index in [1.165, 1.54) is 0 Å². The summed E-state index contributed by atoms with van der Waals surface area (Å²) in [6, 6.07) is 9.02. The fourth-order valence-electron chi connectivity index (χ4n) is 1.72. The zero-order chi connectivity index (χ0) is 13.7. The smallest absolute Gasteiger partial charge is 0.311 e. The molecule has 0 fully saturated rings. The minimum atomic E-state index is -0.917. The van der Waals surface area contributed by atoms with Crippen LogP contribution >= 0.6 is 0 Å². The molecular formula is C14H13NO4. The summed E-state index contributed by atoms with van der Waals surface area (Å²) in [6.07, 6.45) is 1.94. The van der Waals surface area contributed by atoms with E-state index < -0.39 is 11.9 Å². The molecule has 5 nitrogen and oxygen atoms in total. The summed E-state index contributed by atoms with van der Waals surface area (Å²) in [5, 5.41) is 9.38. The molecular weight excluding hydrogens is 246 g/mol. The number of rotatable bonds is 5. The maximum Gasteiger partial charge on any atom is 0.311 e. The van der Waals surface area contributed by atoms with Crippen molar-refractivity contribution in [3.8, 4) is 5.75 Å². The number of pyridine rings is 1. The van der Waals surface area contributed by atoms with Crippen molar-refractivity contribution in [2.24, 2.45) is 0 Å². The topological polar surface area (TPSA) is 76.5 Å². The first-order valence-corrected chi connectivity index (χ1v) is 5.93. The average molecular weight is 259 g/mol. The predicted molar refractivity (Wildman–Crippen MR) is 68.9 cm³/mol. The summed E-state index contributed by atoms with van der Waals surface area (Å²) in [5.74, 6) is -0.961. The number of aromatic nitrogens is 1. The third-order valence-corrected chi connectivity index (χ3v) is 2.59. The molecule has 0 aliphatic carbocycles. The Bertz CT molecular complexity index is 604. The number of nitrogens with zero attached hydrogens (tertiary/aromatic N) is 1. The number of aliphatic carboxylic acids is 1. The molecule has 0 amide bonds. The van der Waals surface area contributed by atoms with Crippen LogP contribution < -0.4 is 4.74 Å². The van der Waals surface area contributed by atoms with Gasteiger partial charge < -0.3 is 9.84 Å². The number of carboxylic acids is 1. The third kappa shape index (κ3) is 3.51. The maximum atomic E-state index is 11.6. The lowest BCUT2D eigenvalue weighted by molar-refractivity contribution is -0.137. The number of esters is 1. The van der Waals surface area contributed by atoms with E-state index in [-0.39, 0.29) is 19.3 Å². The van der Waals surface area contributed by atoms with Gasteiger partial charge in [0.25, 0.3) is 0 Å². The van der Waals surface area contributed by atoms with Gasteiger partial charge in [0.05, 0.1) is 0 Å². The Balaban J connectivity index is 2.05. The lowest BCUT2D eigenvalue weighted by atomic mass is 10.2. The second kappa shape index (κ2) is 5.95. The number of carbonyl (C=O) groups excluding carboxylic acids is 1. The average Bonchev–Trinajstić information content (AvgIpc) is 2.39. The summed E-state index contributed by atoms with van der Waals surface area (Å²) >= 11 is 0. The highest BCUT2D eigenvalue weighted by molar-refractivity contribution is 5.87. The van der Waals surface area contributed by atoms with Crippen molar-refractivity contribution in [2.45, 2.75) is 19.3 Å². The van der Waals surface area contributed by atoms with E-state index in [0.29, 0.717) is 11.3 Å². The summed E-state index contributed by atoms with van der Waals surface area (Å²) in [4.78, 5) is 26.1. The van der Waals surface area contributed by atoms with Gasteiger partial charge in [-0.3, -0.25) is 14.6 Å². The summed E-state index contributed by atoms with van der Waals surface area (Å²) in [5.41, 5.74) is 0.622. The minimum Gasteiger partial charge on any atom is -0.481 e. The molecule has 0 radical (unpaired) electrons. The largest absolute Gasteiger partial charge is 0.481 e. The molecule has 1 heterocycles. The molecule has 1 aromatic heterocycles. The molecule has 2 rings (SSSR count). The molecule has 19 heavy (non-hydrogen) atoms. The molecule has 0 aliphatic heterocycles. The summed E-state index contributed by atoms with van der Waals surface area (Å²) in [7, 11) is 0. The van der Waals surface area contributed by atoms with Gasteiger partial charge in [0.2, 0.25) is 0 Å². The molecule has 0 atom stereocenters. The van der Waals surface area contributed by atoms with Crippen LogP contribution in [-0.2, 0) is 9.59 Å². The van der Waals surface area contributed by atoms with Crippen LogP contribution in [0.3, 0.4) is 0 Å². The van der Waals surface area contributed by atoms with E-state index in [2.05, 4.69) is 4.98 Å². The number of carbonyl (C=O) groups is 2. The summed E-state index contributed by atoms with van der Waals surface area (Å²) in [6.45, 7) is 0. The fraction of sp³-hybridized carbons (Fsp3) is 0.214. The maximum absolute atomic E-state index is 11.6. The molecule has 0 unspecified atom stereocenters. The molecule has 0 aliphatic rings. The van der Waals surface area contributed by atoms with Crippen LogP contribution in [0.4, 0.5) is 0 Å². The SMILES string of the molecule is O=C(O)CCCC(=O)Oc1cccc2cccnc12. The number of hydrogen-bond acceptors (Lipinski definition) is 4. The molecule has 0 spiro atoms. The number of fused-ring (bicyclic) bond motifs is 1. The normalized spacial score (nSPS) is 10.3. The van der Waals surface area contributed by atoms with Crippen molar-refractivity contribution < 1.29 is 19.4 Å². The van der Waals surface area contributed by atoms with Crippen molar-refractivity contribution in [3.05, 3.63) is 36.5 Å². The first-order chi connectivity index (χ1) is 9.16. The standard InChI is InChI=1S/C14H13NO4/c16-12(17)7-2-8-13(18)19-11-6-1-4-10-5-3-9-15-14(10)11/h1,3-6,9H,2,7-8H2,(H,16,17). The third-order valence-electron chi connectivity index (χ3n) is 2.59. The van der Waals surface area contributed by atoms with Gasteiger partial charge in [-0.25, -0.2) is 0 Å². The molecule has 0 bridgehead atoms. The molecule has 0 saturated heterocycles. The number of hydrogen-bond donors (Lipinski definition) is 1. The van der Waals surface area contributed by atoms with Crippen LogP contribution in [0, 0.1) is 0 Å². The van der Waals surface area contributed by atoms with Gasteiger partial charge in [-0.2, -0.15) is 0 Å². The van der Waals surface area contributed by atoms with Crippen molar-refractivity contribution >= 4 is 22.8 Å². The van der Waals surface area contributed by atoms with Crippen molar-refractivity contribution in [1.82, 2.24) is 4.98 Å². The van der Waals surface area contributed by atoms with E-state index in [1.54, 1.807) is 24.4 Å². The lowest BCUT2D eigenvalue weighted by Gasteiger charge is -2.06. The highest BCUT2D eigenvalue weighted by atomic mass is 16.5. The Hall–Kier alpha value is -2.43. The molecule has 5 heteroatoms. The fourth-order valence-corrected chi connectivity index (χ4v) is 1.72. The number of ether oxygens (including phenoxy) is 1. The molecule has 2 aromatic rings. The van der Waals surface area contributed by atoms with Crippen LogP contribution in [0.25, 0.3) is 10.9 Å². The molecule has 0 saturated carbocycles. The van der Waals surface area contributed by atoms with Gasteiger partial charge in [0, 0.05) is 24.4 Å². The van der Waals surface area contributed by atoms with Crippen molar-refractivity contribution in [1.29, 1.82) is 0 Å². The van der Waals surface area contributed by atoms with Crippen LogP contribution in [0.15, 0.2) is 36.5 Å². The number of para-hydroxylation sites is 1. The van der Waals surface area contributed by atoms with Crippen LogP contribution in [-0.4, -0.2) is 22.0 Å². The highest BCUT2D eigenvalue weighted by Gasteiger charge is 2.09. The first kappa shape index (κ1) is 13.0. The summed E-state index contributed by atoms with van der Waals surface area (Å²) < 4.78 is 5.22. The number of benzene rings is 1. The second-order valence-corrected chi connectivity index (χ2v) is 4.05. The second-order valence-electron chi connectivity index (χ2n) is 4.05. The van der Waals surface area contributed by atoms with Gasteiger partial charge in [-0.15, -0.1) is 0 Å². The molecule has 1 aromatic carbocycles. The lowest BCUT2D eigenvalue weighted by Crippen LogP contribution is -2.09. The zero-order valence-electron chi connectivity index (χ0n) is 10.2. The zero-order valence-corrected chi connectivity index (χ0v) is 10.2. The predicted octanol–water partition coefficient (Wildman–Crippen LogP) is 2.40. The Kier molecular flexibility index (Phi) is 4.07.